The van der Waals surface area contributed by atoms with E-state index in [1.165, 1.54) is 0 Å². The van der Waals surface area contributed by atoms with E-state index in [1.54, 1.807) is 0 Å². The van der Waals surface area contributed by atoms with Crippen molar-refractivity contribution in [1.82, 2.24) is 10.2 Å². The van der Waals surface area contributed by atoms with Crippen molar-refractivity contribution in [1.29, 1.82) is 0 Å². The Balaban J connectivity index is 1.56. The van der Waals surface area contributed by atoms with Crippen LogP contribution in [-0.2, 0) is 0 Å². The van der Waals surface area contributed by atoms with Gasteiger partial charge >= 0.3 is 6.03 Å². The van der Waals surface area contributed by atoms with Crippen LogP contribution in [0.4, 0.5) is 16.2 Å². The maximum Gasteiger partial charge on any atom is 0.319 e. The van der Waals surface area contributed by atoms with E-state index in [2.05, 4.69) is 33.5 Å². The highest BCUT2D eigenvalue weighted by Crippen LogP contribution is 2.27. The number of likely N-dealkylation sites (N-methyl/N-ethyl adjacent to an activating group) is 1. The minimum absolute atomic E-state index is 0.131. The summed E-state index contributed by atoms with van der Waals surface area (Å²) in [6.07, 6.45) is 3.86. The number of carbonyl (C=O) groups excluding carboxylic acids is 1. The Morgan fingerprint density at radius 3 is 2.48 bits per heavy atom. The molecule has 2 aliphatic rings. The molecular formula is C19H30N4O2. The lowest BCUT2D eigenvalue weighted by Gasteiger charge is -2.35. The molecule has 1 aromatic rings. The topological polar surface area (TPSA) is 67.8 Å². The third-order valence-electron chi connectivity index (χ3n) is 5.44. The summed E-state index contributed by atoms with van der Waals surface area (Å²) in [5.74, 6) is 0.402. The summed E-state index contributed by atoms with van der Waals surface area (Å²) in [4.78, 5) is 17.1. The van der Waals surface area contributed by atoms with Crippen LogP contribution in [0.2, 0.25) is 0 Å². The van der Waals surface area contributed by atoms with E-state index in [0.29, 0.717) is 5.92 Å². The molecule has 1 saturated carbocycles. The molecule has 1 aromatic carbocycles. The summed E-state index contributed by atoms with van der Waals surface area (Å²) in [5.41, 5.74) is 1.96. The quantitative estimate of drug-likeness (QED) is 0.781. The van der Waals surface area contributed by atoms with Gasteiger partial charge in [-0.15, -0.1) is 0 Å². The van der Waals surface area contributed by atoms with Gasteiger partial charge in [-0.25, -0.2) is 4.79 Å². The van der Waals surface area contributed by atoms with Gasteiger partial charge in [-0.3, -0.25) is 0 Å². The molecule has 6 nitrogen and oxygen atoms in total. The van der Waals surface area contributed by atoms with Gasteiger partial charge in [-0.2, -0.15) is 0 Å². The number of aliphatic hydroxyl groups is 1. The van der Waals surface area contributed by atoms with Gasteiger partial charge in [-0.05, 0) is 50.8 Å². The standard InChI is InChI=1S/C19H30N4O2/c1-22-10-12-23(13-11-22)18-5-3-2-4-17(18)21-19(25)20-16-8-6-15(14-24)7-9-16/h2-5,15-16,24H,6-14H2,1H3,(H2,20,21,25). The van der Waals surface area contributed by atoms with Gasteiger partial charge in [0.25, 0.3) is 0 Å². The lowest BCUT2D eigenvalue weighted by atomic mass is 9.87. The van der Waals surface area contributed by atoms with Crippen molar-refractivity contribution < 1.29 is 9.90 Å². The molecular weight excluding hydrogens is 316 g/mol. The van der Waals surface area contributed by atoms with Crippen LogP contribution < -0.4 is 15.5 Å². The third-order valence-corrected chi connectivity index (χ3v) is 5.44. The van der Waals surface area contributed by atoms with Crippen LogP contribution in [0.5, 0.6) is 0 Å². The maximum atomic E-state index is 12.4. The monoisotopic (exact) mass is 346 g/mol. The number of benzene rings is 1. The molecule has 3 rings (SSSR count). The summed E-state index contributed by atoms with van der Waals surface area (Å²) < 4.78 is 0. The largest absolute Gasteiger partial charge is 0.396 e. The molecule has 1 aliphatic carbocycles. The average Bonchev–Trinajstić information content (AvgIpc) is 2.63. The molecule has 1 heterocycles. The number of nitrogens with zero attached hydrogens (tertiary/aromatic N) is 2. The number of aliphatic hydroxyl groups excluding tert-OH is 1. The second-order valence-electron chi connectivity index (χ2n) is 7.31. The van der Waals surface area contributed by atoms with Crippen molar-refractivity contribution in [2.45, 2.75) is 31.7 Å². The summed E-state index contributed by atoms with van der Waals surface area (Å²) in [5, 5.41) is 15.3. The molecule has 138 valence electrons. The highest BCUT2D eigenvalue weighted by Gasteiger charge is 2.22. The Labute approximate surface area is 150 Å². The fraction of sp³-hybridized carbons (Fsp3) is 0.632. The lowest BCUT2D eigenvalue weighted by Crippen LogP contribution is -2.45. The fourth-order valence-electron chi connectivity index (χ4n) is 3.74. The predicted octanol–water partition coefficient (Wildman–Crippen LogP) is 2.11. The van der Waals surface area contributed by atoms with Crippen molar-refractivity contribution in [2.24, 2.45) is 5.92 Å². The number of anilines is 2. The van der Waals surface area contributed by atoms with Crippen LogP contribution in [0.15, 0.2) is 24.3 Å². The van der Waals surface area contributed by atoms with Crippen LogP contribution in [0, 0.1) is 5.92 Å². The first-order chi connectivity index (χ1) is 12.2. The van der Waals surface area contributed by atoms with E-state index >= 15 is 0 Å². The smallest absolute Gasteiger partial charge is 0.319 e. The van der Waals surface area contributed by atoms with Gasteiger partial charge in [0.05, 0.1) is 11.4 Å². The number of carbonyl (C=O) groups is 1. The Hall–Kier alpha value is -1.79. The lowest BCUT2D eigenvalue weighted by molar-refractivity contribution is 0.176. The molecule has 0 unspecified atom stereocenters. The molecule has 6 heteroatoms. The number of hydrogen-bond donors (Lipinski definition) is 3. The number of piperazine rings is 1. The molecule has 0 atom stereocenters. The zero-order valence-electron chi connectivity index (χ0n) is 15.1. The predicted molar refractivity (Wildman–Crippen MR) is 101 cm³/mol. The van der Waals surface area contributed by atoms with E-state index in [9.17, 15) is 9.90 Å². The molecule has 1 saturated heterocycles. The van der Waals surface area contributed by atoms with Gasteiger partial charge in [0.1, 0.15) is 0 Å². The van der Waals surface area contributed by atoms with Gasteiger partial charge in [0.15, 0.2) is 0 Å². The third kappa shape index (κ3) is 4.86. The minimum atomic E-state index is -0.131. The number of para-hydroxylation sites is 2. The van der Waals surface area contributed by atoms with Crippen molar-refractivity contribution in [3.05, 3.63) is 24.3 Å². The molecule has 1 aliphatic heterocycles. The van der Waals surface area contributed by atoms with Gasteiger partial charge in [0.2, 0.25) is 0 Å². The molecule has 2 fully saturated rings. The first kappa shape index (κ1) is 18.0. The van der Waals surface area contributed by atoms with Crippen LogP contribution in [-0.4, -0.2) is 61.9 Å². The van der Waals surface area contributed by atoms with Crippen molar-refractivity contribution >= 4 is 17.4 Å². The first-order valence-corrected chi connectivity index (χ1v) is 9.36. The minimum Gasteiger partial charge on any atom is -0.396 e. The summed E-state index contributed by atoms with van der Waals surface area (Å²) in [7, 11) is 2.14. The van der Waals surface area contributed by atoms with E-state index < -0.39 is 0 Å². The zero-order chi connectivity index (χ0) is 17.6. The van der Waals surface area contributed by atoms with Crippen LogP contribution >= 0.6 is 0 Å². The summed E-state index contributed by atoms with van der Waals surface area (Å²) in [6.45, 7) is 4.28. The highest BCUT2D eigenvalue weighted by atomic mass is 16.3. The number of nitrogens with one attached hydrogen (secondary N) is 2. The maximum absolute atomic E-state index is 12.4. The molecule has 3 N–H and O–H groups in total. The molecule has 0 spiro atoms. The summed E-state index contributed by atoms with van der Waals surface area (Å²) >= 11 is 0. The Bertz CT molecular complexity index is 564. The van der Waals surface area contributed by atoms with Crippen molar-refractivity contribution in [3.8, 4) is 0 Å². The molecule has 0 bridgehead atoms. The van der Waals surface area contributed by atoms with Crippen LogP contribution in [0.25, 0.3) is 0 Å². The molecule has 0 radical (unpaired) electrons. The number of amides is 2. The Morgan fingerprint density at radius 1 is 1.12 bits per heavy atom. The second-order valence-corrected chi connectivity index (χ2v) is 7.31. The average molecular weight is 346 g/mol. The fourth-order valence-corrected chi connectivity index (χ4v) is 3.74. The van der Waals surface area contributed by atoms with Gasteiger partial charge in [-0.1, -0.05) is 12.1 Å². The van der Waals surface area contributed by atoms with E-state index in [1.807, 2.05) is 18.2 Å². The van der Waals surface area contributed by atoms with Crippen molar-refractivity contribution in [2.75, 3.05) is 50.1 Å². The Kier molecular flexibility index (Phi) is 6.15. The SMILES string of the molecule is CN1CCN(c2ccccc2NC(=O)NC2CCC(CO)CC2)CC1. The van der Waals surface area contributed by atoms with E-state index in [-0.39, 0.29) is 18.7 Å². The van der Waals surface area contributed by atoms with E-state index in [4.69, 9.17) is 0 Å². The Morgan fingerprint density at radius 2 is 1.80 bits per heavy atom. The van der Waals surface area contributed by atoms with Gasteiger partial charge < -0.3 is 25.5 Å². The van der Waals surface area contributed by atoms with Crippen molar-refractivity contribution in [3.63, 3.8) is 0 Å². The number of rotatable bonds is 4. The second kappa shape index (κ2) is 8.54. The van der Waals surface area contributed by atoms with E-state index in [0.717, 1.165) is 63.2 Å². The number of urea groups is 1. The summed E-state index contributed by atoms with van der Waals surface area (Å²) in [6, 6.07) is 8.10. The number of hydrogen-bond acceptors (Lipinski definition) is 4. The molecule has 2 amide bonds. The molecule has 25 heavy (non-hydrogen) atoms. The van der Waals surface area contributed by atoms with Crippen LogP contribution in [0.1, 0.15) is 25.7 Å². The van der Waals surface area contributed by atoms with Gasteiger partial charge in [0, 0.05) is 38.8 Å². The highest BCUT2D eigenvalue weighted by molar-refractivity contribution is 5.93. The zero-order valence-corrected chi connectivity index (χ0v) is 15.1. The molecule has 0 aromatic heterocycles. The normalized spacial score (nSPS) is 24.8. The van der Waals surface area contributed by atoms with Crippen LogP contribution in [0.3, 0.4) is 0 Å². The first-order valence-electron chi connectivity index (χ1n) is 9.36.